The summed E-state index contributed by atoms with van der Waals surface area (Å²) in [7, 11) is 0. The number of aromatic nitrogens is 2. The maximum Gasteiger partial charge on any atom is 0.309 e. The van der Waals surface area contributed by atoms with E-state index in [1.165, 1.54) is 17.8 Å². The first-order chi connectivity index (χ1) is 16.4. The number of carboxylic acid groups (broad SMARTS) is 1. The van der Waals surface area contributed by atoms with Crippen LogP contribution in [0.3, 0.4) is 0 Å². The molecule has 1 aromatic rings. The van der Waals surface area contributed by atoms with Crippen LogP contribution in [0.2, 0.25) is 0 Å². The summed E-state index contributed by atoms with van der Waals surface area (Å²) in [6.45, 7) is 9.68. The first-order valence-corrected chi connectivity index (χ1v) is 12.6. The number of amides is 2. The van der Waals surface area contributed by atoms with Gasteiger partial charge in [0.25, 0.3) is 5.91 Å². The monoisotopic (exact) mass is 486 g/mol. The van der Waals surface area contributed by atoms with E-state index >= 15 is 0 Å². The van der Waals surface area contributed by atoms with Gasteiger partial charge in [-0.3, -0.25) is 14.4 Å². The Morgan fingerprint density at radius 1 is 1.26 bits per heavy atom. The molecule has 35 heavy (non-hydrogen) atoms. The molecule has 0 spiro atoms. The van der Waals surface area contributed by atoms with Gasteiger partial charge in [0.1, 0.15) is 5.56 Å². The number of carbonyl (C=O) groups excluding carboxylic acids is 2. The van der Waals surface area contributed by atoms with Crippen molar-refractivity contribution in [3.05, 3.63) is 17.8 Å². The minimum absolute atomic E-state index is 0.0259. The normalized spacial score (nSPS) is 29.5. The lowest BCUT2D eigenvalue weighted by Gasteiger charge is -2.58. The molecule has 4 fully saturated rings. The number of carboxylic acids is 1. The molecule has 0 aromatic carbocycles. The van der Waals surface area contributed by atoms with Crippen LogP contribution in [0, 0.1) is 29.1 Å². The minimum Gasteiger partial charge on any atom is -0.481 e. The largest absolute Gasteiger partial charge is 0.481 e. The summed E-state index contributed by atoms with van der Waals surface area (Å²) in [5, 5.41) is 20.3. The summed E-state index contributed by atoms with van der Waals surface area (Å²) >= 11 is 0. The average Bonchev–Trinajstić information content (AvgIpc) is 3.15. The first kappa shape index (κ1) is 25.3. The summed E-state index contributed by atoms with van der Waals surface area (Å²) in [6.07, 6.45) is 9.01. The number of nitrogens with one attached hydrogen (secondary N) is 2. The van der Waals surface area contributed by atoms with Crippen molar-refractivity contribution in [3.63, 3.8) is 0 Å². The fourth-order valence-electron chi connectivity index (χ4n) is 6.51. The Morgan fingerprint density at radius 3 is 2.49 bits per heavy atom. The molecular weight excluding hydrogens is 448 g/mol. The van der Waals surface area contributed by atoms with Gasteiger partial charge in [-0.05, 0) is 75.7 Å². The smallest absolute Gasteiger partial charge is 0.309 e. The van der Waals surface area contributed by atoms with Gasteiger partial charge in [0.15, 0.2) is 0 Å². The molecule has 1 aromatic heterocycles. The molecule has 4 bridgehead atoms. The predicted molar refractivity (Wildman–Crippen MR) is 131 cm³/mol. The Labute approximate surface area is 206 Å². The zero-order chi connectivity index (χ0) is 25.5. The van der Waals surface area contributed by atoms with Gasteiger partial charge < -0.3 is 20.5 Å². The van der Waals surface area contributed by atoms with E-state index in [9.17, 15) is 19.5 Å². The highest BCUT2D eigenvalue weighted by Gasteiger charge is 2.59. The van der Waals surface area contributed by atoms with Crippen molar-refractivity contribution >= 4 is 24.0 Å². The Hall–Kier alpha value is -2.84. The van der Waals surface area contributed by atoms with Gasteiger partial charge in [-0.15, -0.1) is 0 Å². The molecular formula is C26H38N4O5. The van der Waals surface area contributed by atoms with Crippen LogP contribution >= 0.6 is 0 Å². The molecule has 1 heterocycles. The SMILES string of the molecule is CC(=O)NC(C)(C)C=Cn1ncc(C(=O)NC2C3CC4CC2CC(C(=O)O)(C4)C3)c1OCC(C)C. The molecule has 5 rings (SSSR count). The van der Waals surface area contributed by atoms with Gasteiger partial charge in [-0.1, -0.05) is 13.8 Å². The topological polar surface area (TPSA) is 123 Å². The number of aliphatic carboxylic acids is 1. The van der Waals surface area contributed by atoms with Crippen LogP contribution in [-0.2, 0) is 9.59 Å². The third-order valence-corrected chi connectivity index (χ3v) is 7.70. The second kappa shape index (κ2) is 9.32. The van der Waals surface area contributed by atoms with Crippen molar-refractivity contribution < 1.29 is 24.2 Å². The van der Waals surface area contributed by atoms with E-state index < -0.39 is 16.9 Å². The molecule has 0 aliphatic heterocycles. The van der Waals surface area contributed by atoms with Crippen LogP contribution in [-0.4, -0.2) is 50.9 Å². The summed E-state index contributed by atoms with van der Waals surface area (Å²) < 4.78 is 7.54. The van der Waals surface area contributed by atoms with E-state index in [4.69, 9.17) is 4.74 Å². The molecule has 9 nitrogen and oxygen atoms in total. The Morgan fingerprint density at radius 2 is 1.91 bits per heavy atom. The van der Waals surface area contributed by atoms with Crippen LogP contribution in [0.25, 0.3) is 6.20 Å². The lowest BCUT2D eigenvalue weighted by atomic mass is 9.48. The molecule has 9 heteroatoms. The van der Waals surface area contributed by atoms with Gasteiger partial charge in [0, 0.05) is 19.2 Å². The number of hydrogen-bond acceptors (Lipinski definition) is 5. The van der Waals surface area contributed by atoms with Crippen molar-refractivity contribution in [1.29, 1.82) is 0 Å². The molecule has 192 valence electrons. The Kier molecular flexibility index (Phi) is 6.72. The summed E-state index contributed by atoms with van der Waals surface area (Å²) in [5.41, 5.74) is -0.857. The molecule has 4 aliphatic carbocycles. The molecule has 0 saturated heterocycles. The third-order valence-electron chi connectivity index (χ3n) is 7.70. The van der Waals surface area contributed by atoms with Crippen molar-refractivity contribution in [2.45, 2.75) is 78.3 Å². The minimum atomic E-state index is -0.679. The van der Waals surface area contributed by atoms with E-state index in [-0.39, 0.29) is 35.6 Å². The Balaban J connectivity index is 1.54. The van der Waals surface area contributed by atoms with E-state index in [2.05, 4.69) is 15.7 Å². The van der Waals surface area contributed by atoms with Crippen LogP contribution < -0.4 is 15.4 Å². The summed E-state index contributed by atoms with van der Waals surface area (Å²) in [4.78, 5) is 36.9. The number of ether oxygens (including phenoxy) is 1. The fourth-order valence-corrected chi connectivity index (χ4v) is 6.51. The summed E-state index contributed by atoms with van der Waals surface area (Å²) in [5.74, 6) is 0.373. The quantitative estimate of drug-likeness (QED) is 0.492. The van der Waals surface area contributed by atoms with E-state index in [1.54, 1.807) is 12.3 Å². The highest BCUT2D eigenvalue weighted by molar-refractivity contribution is 5.96. The molecule has 2 amide bonds. The van der Waals surface area contributed by atoms with Crippen LogP contribution in [0.1, 0.15) is 77.1 Å². The zero-order valence-electron chi connectivity index (χ0n) is 21.3. The number of hydrogen-bond donors (Lipinski definition) is 3. The second-order valence-electron chi connectivity index (χ2n) is 11.8. The molecule has 4 aliphatic rings. The lowest BCUT2D eigenvalue weighted by molar-refractivity contribution is -0.166. The van der Waals surface area contributed by atoms with Gasteiger partial charge >= 0.3 is 5.97 Å². The third kappa shape index (κ3) is 5.23. The predicted octanol–water partition coefficient (Wildman–Crippen LogP) is 3.31. The maximum absolute atomic E-state index is 13.4. The molecule has 3 N–H and O–H groups in total. The molecule has 4 saturated carbocycles. The maximum atomic E-state index is 13.4. The van der Waals surface area contributed by atoms with Crippen molar-refractivity contribution in [3.8, 4) is 5.88 Å². The molecule has 2 atom stereocenters. The van der Waals surface area contributed by atoms with Crippen LogP contribution in [0.5, 0.6) is 5.88 Å². The highest BCUT2D eigenvalue weighted by Crippen LogP contribution is 2.60. The molecule has 2 unspecified atom stereocenters. The Bertz CT molecular complexity index is 1010. The lowest BCUT2D eigenvalue weighted by Crippen LogP contribution is -2.61. The van der Waals surface area contributed by atoms with Crippen molar-refractivity contribution in [2.75, 3.05) is 6.61 Å². The average molecular weight is 487 g/mol. The van der Waals surface area contributed by atoms with Gasteiger partial charge in [-0.2, -0.15) is 5.10 Å². The first-order valence-electron chi connectivity index (χ1n) is 12.6. The van der Waals surface area contributed by atoms with Crippen LogP contribution in [0.4, 0.5) is 0 Å². The number of nitrogens with zero attached hydrogens (tertiary/aromatic N) is 2. The molecule has 0 radical (unpaired) electrons. The number of rotatable bonds is 9. The number of carbonyl (C=O) groups is 3. The van der Waals surface area contributed by atoms with E-state index in [0.29, 0.717) is 36.8 Å². The zero-order valence-corrected chi connectivity index (χ0v) is 21.3. The van der Waals surface area contributed by atoms with Gasteiger partial charge in [-0.25, -0.2) is 4.68 Å². The summed E-state index contributed by atoms with van der Waals surface area (Å²) in [6, 6.07) is -0.0259. The fraction of sp³-hybridized carbons (Fsp3) is 0.692. The van der Waals surface area contributed by atoms with Gasteiger partial charge in [0.2, 0.25) is 11.8 Å². The van der Waals surface area contributed by atoms with Crippen molar-refractivity contribution in [1.82, 2.24) is 20.4 Å². The van der Waals surface area contributed by atoms with Crippen LogP contribution in [0.15, 0.2) is 12.3 Å². The highest BCUT2D eigenvalue weighted by atomic mass is 16.5. The van der Waals surface area contributed by atoms with E-state index in [0.717, 1.165) is 19.3 Å². The van der Waals surface area contributed by atoms with Crippen molar-refractivity contribution in [2.24, 2.45) is 29.1 Å². The second-order valence-corrected chi connectivity index (χ2v) is 11.8. The van der Waals surface area contributed by atoms with Gasteiger partial charge in [0.05, 0.1) is 23.8 Å². The van der Waals surface area contributed by atoms with E-state index in [1.807, 2.05) is 27.7 Å². The standard InChI is InChI=1S/C26H38N4O5/c1-15(2)14-35-23-20(13-27-30(23)7-6-25(4,5)29-16(3)31)22(32)28-21-18-8-17-9-19(21)12-26(10-17,11-18)24(33)34/h6-7,13,15,17-19,21H,8-12,14H2,1-5H3,(H,28,32)(H,29,31)(H,33,34).